The number of phenolic OH excluding ortho intramolecular Hbond substituents is 1. The van der Waals surface area contributed by atoms with Gasteiger partial charge >= 0.3 is 0 Å². The van der Waals surface area contributed by atoms with Gasteiger partial charge in [0, 0.05) is 11.1 Å². The summed E-state index contributed by atoms with van der Waals surface area (Å²) < 4.78 is 0. The molecule has 0 spiro atoms. The van der Waals surface area contributed by atoms with E-state index in [0.717, 1.165) is 22.3 Å². The molecule has 3 aromatic carbocycles. The van der Waals surface area contributed by atoms with E-state index in [-0.39, 0.29) is 5.75 Å². The van der Waals surface area contributed by atoms with E-state index in [1.54, 1.807) is 6.07 Å². The number of aromatic hydroxyl groups is 1. The van der Waals surface area contributed by atoms with Crippen molar-refractivity contribution in [1.29, 1.82) is 0 Å². The molecule has 1 heterocycles. The molecule has 1 aromatic heterocycles. The number of aromatic nitrogens is 3. The monoisotopic (exact) mass is 381 g/mol. The van der Waals surface area contributed by atoms with Crippen molar-refractivity contribution in [1.82, 2.24) is 15.0 Å². The molecule has 0 unspecified atom stereocenters. The van der Waals surface area contributed by atoms with E-state index in [0.29, 0.717) is 23.0 Å². The van der Waals surface area contributed by atoms with Gasteiger partial charge in [0.15, 0.2) is 17.5 Å². The predicted octanol–water partition coefficient (Wildman–Crippen LogP) is 5.81. The standard InChI is InChI=1S/C25H23N3O/c1-15-5-9-19(10-6-15)23-26-24(20-11-7-16(2)13-18(20)4)28-25(27-23)21-12-8-17(3)14-22(21)29/h5-14,29H,1-4H3. The molecule has 0 fully saturated rings. The number of benzene rings is 3. The molecule has 0 aliphatic carbocycles. The van der Waals surface area contributed by atoms with Crippen LogP contribution in [0.3, 0.4) is 0 Å². The molecule has 0 radical (unpaired) electrons. The van der Waals surface area contributed by atoms with Crippen LogP contribution in [-0.2, 0) is 0 Å². The van der Waals surface area contributed by atoms with Gasteiger partial charge in [-0.25, -0.2) is 15.0 Å². The van der Waals surface area contributed by atoms with E-state index >= 15 is 0 Å². The Bertz CT molecular complexity index is 1130. The zero-order chi connectivity index (χ0) is 20.5. The van der Waals surface area contributed by atoms with Gasteiger partial charge in [0.05, 0.1) is 5.56 Å². The Hall–Kier alpha value is -3.53. The van der Waals surface area contributed by atoms with Crippen LogP contribution in [-0.4, -0.2) is 20.1 Å². The molecule has 4 rings (SSSR count). The van der Waals surface area contributed by atoms with Gasteiger partial charge in [-0.05, 0) is 51.0 Å². The van der Waals surface area contributed by atoms with Crippen molar-refractivity contribution in [3.05, 3.63) is 82.9 Å². The highest BCUT2D eigenvalue weighted by atomic mass is 16.3. The van der Waals surface area contributed by atoms with Crippen molar-refractivity contribution < 1.29 is 5.11 Å². The van der Waals surface area contributed by atoms with Gasteiger partial charge in [0.2, 0.25) is 0 Å². The number of hydrogen-bond donors (Lipinski definition) is 1. The third-order valence-corrected chi connectivity index (χ3v) is 4.96. The predicted molar refractivity (Wildman–Crippen MR) is 117 cm³/mol. The summed E-state index contributed by atoms with van der Waals surface area (Å²) in [5.74, 6) is 1.81. The lowest BCUT2D eigenvalue weighted by atomic mass is 10.0. The van der Waals surface area contributed by atoms with Crippen LogP contribution in [0, 0.1) is 27.7 Å². The Labute approximate surface area is 171 Å². The highest BCUT2D eigenvalue weighted by Crippen LogP contribution is 2.31. The molecule has 0 aliphatic rings. The van der Waals surface area contributed by atoms with Crippen LogP contribution >= 0.6 is 0 Å². The smallest absolute Gasteiger partial charge is 0.167 e. The minimum absolute atomic E-state index is 0.164. The molecule has 0 saturated heterocycles. The summed E-state index contributed by atoms with van der Waals surface area (Å²) >= 11 is 0. The third kappa shape index (κ3) is 3.87. The molecule has 0 amide bonds. The van der Waals surface area contributed by atoms with Crippen LogP contribution in [0.5, 0.6) is 5.75 Å². The fraction of sp³-hybridized carbons (Fsp3) is 0.160. The molecule has 144 valence electrons. The maximum Gasteiger partial charge on any atom is 0.167 e. The first kappa shape index (κ1) is 18.8. The van der Waals surface area contributed by atoms with Gasteiger partial charge in [0.25, 0.3) is 0 Å². The van der Waals surface area contributed by atoms with Crippen molar-refractivity contribution in [3.63, 3.8) is 0 Å². The van der Waals surface area contributed by atoms with Crippen molar-refractivity contribution in [2.45, 2.75) is 27.7 Å². The topological polar surface area (TPSA) is 58.9 Å². The molecule has 0 atom stereocenters. The summed E-state index contributed by atoms with van der Waals surface area (Å²) in [7, 11) is 0. The van der Waals surface area contributed by atoms with Crippen LogP contribution in [0.15, 0.2) is 60.7 Å². The first-order chi connectivity index (χ1) is 13.9. The molecule has 4 heteroatoms. The lowest BCUT2D eigenvalue weighted by Gasteiger charge is -2.11. The van der Waals surface area contributed by atoms with E-state index in [1.807, 2.05) is 56.3 Å². The number of rotatable bonds is 3. The van der Waals surface area contributed by atoms with Crippen LogP contribution in [0.25, 0.3) is 34.2 Å². The fourth-order valence-corrected chi connectivity index (χ4v) is 3.34. The van der Waals surface area contributed by atoms with Crippen molar-refractivity contribution in [3.8, 4) is 39.9 Å². The number of phenols is 1. The second-order valence-electron chi connectivity index (χ2n) is 7.51. The highest BCUT2D eigenvalue weighted by Gasteiger charge is 2.15. The maximum atomic E-state index is 10.5. The summed E-state index contributed by atoms with van der Waals surface area (Å²) in [4.78, 5) is 14.2. The molecule has 0 aliphatic heterocycles. The summed E-state index contributed by atoms with van der Waals surface area (Å²) in [6.07, 6.45) is 0. The van der Waals surface area contributed by atoms with Gasteiger partial charge in [-0.1, -0.05) is 59.7 Å². The average Bonchev–Trinajstić information content (AvgIpc) is 2.68. The van der Waals surface area contributed by atoms with Gasteiger partial charge in [-0.15, -0.1) is 0 Å². The van der Waals surface area contributed by atoms with E-state index in [9.17, 15) is 5.11 Å². The van der Waals surface area contributed by atoms with Crippen LogP contribution in [0.2, 0.25) is 0 Å². The molecule has 29 heavy (non-hydrogen) atoms. The van der Waals surface area contributed by atoms with Gasteiger partial charge in [-0.2, -0.15) is 0 Å². The number of nitrogens with zero attached hydrogens (tertiary/aromatic N) is 3. The second kappa shape index (κ2) is 7.47. The van der Waals surface area contributed by atoms with Crippen LogP contribution in [0.4, 0.5) is 0 Å². The van der Waals surface area contributed by atoms with Crippen molar-refractivity contribution in [2.24, 2.45) is 0 Å². The molecule has 0 bridgehead atoms. The minimum Gasteiger partial charge on any atom is -0.507 e. The molecule has 4 aromatic rings. The Morgan fingerprint density at radius 3 is 1.69 bits per heavy atom. The van der Waals surface area contributed by atoms with Crippen molar-refractivity contribution >= 4 is 0 Å². The zero-order valence-electron chi connectivity index (χ0n) is 17.1. The van der Waals surface area contributed by atoms with Crippen LogP contribution in [0.1, 0.15) is 22.3 Å². The highest BCUT2D eigenvalue weighted by molar-refractivity contribution is 5.71. The van der Waals surface area contributed by atoms with Crippen molar-refractivity contribution in [2.75, 3.05) is 0 Å². The second-order valence-corrected chi connectivity index (χ2v) is 7.51. The van der Waals surface area contributed by atoms with Gasteiger partial charge in [-0.3, -0.25) is 0 Å². The van der Waals surface area contributed by atoms with E-state index in [2.05, 4.69) is 31.0 Å². The fourth-order valence-electron chi connectivity index (χ4n) is 3.34. The maximum absolute atomic E-state index is 10.5. The number of aryl methyl sites for hydroxylation is 4. The Morgan fingerprint density at radius 1 is 0.552 bits per heavy atom. The van der Waals surface area contributed by atoms with Gasteiger partial charge in [0.1, 0.15) is 5.75 Å². The molecular formula is C25H23N3O. The SMILES string of the molecule is Cc1ccc(-c2nc(-c3ccc(C)cc3C)nc(-c3ccc(C)cc3O)n2)cc1. The Morgan fingerprint density at radius 2 is 1.07 bits per heavy atom. The third-order valence-electron chi connectivity index (χ3n) is 4.96. The summed E-state index contributed by atoms with van der Waals surface area (Å²) in [5, 5.41) is 10.5. The Balaban J connectivity index is 1.95. The average molecular weight is 381 g/mol. The molecule has 0 saturated carbocycles. The van der Waals surface area contributed by atoms with E-state index in [1.165, 1.54) is 11.1 Å². The molecular weight excluding hydrogens is 358 g/mol. The minimum atomic E-state index is 0.164. The largest absolute Gasteiger partial charge is 0.507 e. The van der Waals surface area contributed by atoms with E-state index < -0.39 is 0 Å². The first-order valence-electron chi connectivity index (χ1n) is 9.61. The quantitative estimate of drug-likeness (QED) is 0.486. The summed E-state index contributed by atoms with van der Waals surface area (Å²) in [6.45, 7) is 8.11. The molecule has 1 N–H and O–H groups in total. The summed E-state index contributed by atoms with van der Waals surface area (Å²) in [6, 6.07) is 19.8. The summed E-state index contributed by atoms with van der Waals surface area (Å²) in [5.41, 5.74) is 6.91. The van der Waals surface area contributed by atoms with E-state index in [4.69, 9.17) is 9.97 Å². The Kier molecular flexibility index (Phi) is 4.85. The normalized spacial score (nSPS) is 10.9. The first-order valence-corrected chi connectivity index (χ1v) is 9.61. The zero-order valence-corrected chi connectivity index (χ0v) is 17.1. The van der Waals surface area contributed by atoms with Crippen LogP contribution < -0.4 is 0 Å². The van der Waals surface area contributed by atoms with Gasteiger partial charge < -0.3 is 5.11 Å². The molecule has 4 nitrogen and oxygen atoms in total. The lowest BCUT2D eigenvalue weighted by molar-refractivity contribution is 0.476. The lowest BCUT2D eigenvalue weighted by Crippen LogP contribution is -2.01. The number of hydrogen-bond acceptors (Lipinski definition) is 4.